The fourth-order valence-electron chi connectivity index (χ4n) is 2.19. The number of hydrogen-bond acceptors (Lipinski definition) is 6. The quantitative estimate of drug-likeness (QED) is 0.656. The van der Waals surface area contributed by atoms with Crippen molar-refractivity contribution in [2.45, 2.75) is 0 Å². The average molecular weight is 314 g/mol. The number of hydrogen-bond donors (Lipinski definition) is 3. The first-order valence-corrected chi connectivity index (χ1v) is 6.73. The Bertz CT molecular complexity index is 959. The van der Waals surface area contributed by atoms with Crippen LogP contribution in [0.1, 0.15) is 10.5 Å². The van der Waals surface area contributed by atoms with Crippen molar-refractivity contribution in [2.24, 2.45) is 7.05 Å². The maximum atomic E-state index is 12.1. The van der Waals surface area contributed by atoms with E-state index in [4.69, 9.17) is 0 Å². The fourth-order valence-corrected chi connectivity index (χ4v) is 2.19. The Balaban J connectivity index is 2.14. The Morgan fingerprint density at radius 1 is 1.35 bits per heavy atom. The highest BCUT2D eigenvalue weighted by molar-refractivity contribution is 5.88. The van der Waals surface area contributed by atoms with Gasteiger partial charge in [0.25, 0.3) is 5.56 Å². The number of nitrogens with one attached hydrogen (secondary N) is 2. The molecule has 3 heterocycles. The second-order valence-electron chi connectivity index (χ2n) is 4.84. The molecule has 3 aromatic heterocycles. The van der Waals surface area contributed by atoms with Crippen LogP contribution in [0.5, 0.6) is 0 Å². The Hall–Kier alpha value is -3.36. The Morgan fingerprint density at radius 2 is 2.13 bits per heavy atom. The van der Waals surface area contributed by atoms with Gasteiger partial charge in [0.1, 0.15) is 5.69 Å². The van der Waals surface area contributed by atoms with Crippen molar-refractivity contribution >= 4 is 28.8 Å². The van der Waals surface area contributed by atoms with Gasteiger partial charge in [0.15, 0.2) is 17.2 Å². The predicted octanol–water partition coefficient (Wildman–Crippen LogP) is 0.911. The van der Waals surface area contributed by atoms with Crippen molar-refractivity contribution in [3.05, 3.63) is 46.6 Å². The zero-order valence-corrected chi connectivity index (χ0v) is 12.4. The molecule has 0 aromatic carbocycles. The van der Waals surface area contributed by atoms with E-state index >= 15 is 0 Å². The first kappa shape index (κ1) is 14.6. The van der Waals surface area contributed by atoms with E-state index in [0.717, 1.165) is 0 Å². The number of anilines is 3. The molecular formula is C14H14N6O3. The first-order valence-electron chi connectivity index (χ1n) is 6.73. The minimum Gasteiger partial charge on any atom is -0.476 e. The number of carbonyl (C=O) groups is 1. The van der Waals surface area contributed by atoms with Gasteiger partial charge in [-0.05, 0) is 12.1 Å². The summed E-state index contributed by atoms with van der Waals surface area (Å²) in [6.07, 6.45) is 2.87. The number of aromatic carboxylic acids is 1. The van der Waals surface area contributed by atoms with Gasteiger partial charge in [-0.25, -0.2) is 14.3 Å². The molecule has 0 spiro atoms. The second-order valence-corrected chi connectivity index (χ2v) is 4.84. The van der Waals surface area contributed by atoms with Gasteiger partial charge < -0.3 is 20.3 Å². The average Bonchev–Trinajstić information content (AvgIpc) is 2.95. The summed E-state index contributed by atoms with van der Waals surface area (Å²) in [6.45, 7) is 0. The van der Waals surface area contributed by atoms with E-state index in [0.29, 0.717) is 22.8 Å². The predicted molar refractivity (Wildman–Crippen MR) is 84.5 cm³/mol. The lowest BCUT2D eigenvalue weighted by Crippen LogP contribution is -2.19. The van der Waals surface area contributed by atoms with Gasteiger partial charge in [0.2, 0.25) is 0 Å². The standard InChI is InChI=1S/C14H14N6O3/c1-15-9-6-11(17-8-4-3-5-19(2)13(8)21)18-20-10(14(22)23)7-16-12(9)20/h3-7,15H,1-2H3,(H,17,18)(H,22,23). The number of aromatic nitrogens is 4. The first-order chi connectivity index (χ1) is 11.0. The highest BCUT2D eigenvalue weighted by atomic mass is 16.4. The molecule has 3 N–H and O–H groups in total. The van der Waals surface area contributed by atoms with Crippen LogP contribution in [0, 0.1) is 0 Å². The highest BCUT2D eigenvalue weighted by Crippen LogP contribution is 2.21. The third-order valence-corrected chi connectivity index (χ3v) is 3.34. The summed E-state index contributed by atoms with van der Waals surface area (Å²) in [5.74, 6) is -0.814. The lowest BCUT2D eigenvalue weighted by Gasteiger charge is -2.10. The monoisotopic (exact) mass is 314 g/mol. The number of fused-ring (bicyclic) bond motifs is 1. The molecule has 23 heavy (non-hydrogen) atoms. The van der Waals surface area contributed by atoms with Crippen LogP contribution < -0.4 is 16.2 Å². The molecule has 3 rings (SSSR count). The van der Waals surface area contributed by atoms with Crippen molar-refractivity contribution in [1.29, 1.82) is 0 Å². The molecule has 0 saturated carbocycles. The van der Waals surface area contributed by atoms with E-state index in [2.05, 4.69) is 20.7 Å². The van der Waals surface area contributed by atoms with Crippen molar-refractivity contribution in [1.82, 2.24) is 19.2 Å². The molecule has 0 aliphatic rings. The maximum Gasteiger partial charge on any atom is 0.356 e. The minimum absolute atomic E-state index is 0.0684. The molecule has 0 amide bonds. The van der Waals surface area contributed by atoms with Crippen LogP contribution in [-0.4, -0.2) is 37.3 Å². The molecule has 0 aliphatic heterocycles. The number of carboxylic acids is 1. The van der Waals surface area contributed by atoms with Crippen LogP contribution in [0.2, 0.25) is 0 Å². The van der Waals surface area contributed by atoms with Crippen LogP contribution in [-0.2, 0) is 7.05 Å². The van der Waals surface area contributed by atoms with Gasteiger partial charge >= 0.3 is 5.97 Å². The summed E-state index contributed by atoms with van der Waals surface area (Å²) >= 11 is 0. The van der Waals surface area contributed by atoms with E-state index in [-0.39, 0.29) is 11.3 Å². The molecule has 3 aromatic rings. The van der Waals surface area contributed by atoms with E-state index in [1.807, 2.05) is 0 Å². The Morgan fingerprint density at radius 3 is 2.83 bits per heavy atom. The van der Waals surface area contributed by atoms with Crippen molar-refractivity contribution < 1.29 is 9.90 Å². The van der Waals surface area contributed by atoms with Crippen LogP contribution >= 0.6 is 0 Å². The van der Waals surface area contributed by atoms with E-state index in [1.54, 1.807) is 38.5 Å². The highest BCUT2D eigenvalue weighted by Gasteiger charge is 2.15. The Kier molecular flexibility index (Phi) is 3.45. The number of carboxylic acid groups (broad SMARTS) is 1. The molecule has 0 radical (unpaired) electrons. The summed E-state index contributed by atoms with van der Waals surface area (Å²) in [5, 5.41) is 19.3. The molecule has 0 atom stereocenters. The van der Waals surface area contributed by atoms with Crippen LogP contribution in [0.4, 0.5) is 17.2 Å². The number of nitrogens with zero attached hydrogens (tertiary/aromatic N) is 4. The second kappa shape index (κ2) is 5.44. The van der Waals surface area contributed by atoms with Crippen LogP contribution in [0.25, 0.3) is 5.65 Å². The van der Waals surface area contributed by atoms with Gasteiger partial charge in [-0.2, -0.15) is 0 Å². The number of pyridine rings is 1. The van der Waals surface area contributed by atoms with Gasteiger partial charge in [-0.15, -0.1) is 5.10 Å². The van der Waals surface area contributed by atoms with Crippen molar-refractivity contribution in [2.75, 3.05) is 17.7 Å². The summed E-state index contributed by atoms with van der Waals surface area (Å²) in [7, 11) is 3.33. The largest absolute Gasteiger partial charge is 0.476 e. The Labute approximate surface area is 130 Å². The summed E-state index contributed by atoms with van der Waals surface area (Å²) < 4.78 is 2.64. The van der Waals surface area contributed by atoms with Crippen LogP contribution in [0.3, 0.4) is 0 Å². The summed E-state index contributed by atoms with van der Waals surface area (Å²) in [4.78, 5) is 27.4. The lowest BCUT2D eigenvalue weighted by atomic mass is 10.3. The molecule has 9 heteroatoms. The molecule has 0 bridgehead atoms. The molecule has 9 nitrogen and oxygen atoms in total. The zero-order valence-electron chi connectivity index (χ0n) is 12.4. The van der Waals surface area contributed by atoms with Crippen molar-refractivity contribution in [3.8, 4) is 0 Å². The molecule has 0 aliphatic carbocycles. The SMILES string of the molecule is CNc1cc(Nc2cccn(C)c2=O)nn2c(C(=O)O)cnc12. The molecule has 0 unspecified atom stereocenters. The maximum absolute atomic E-state index is 12.1. The zero-order chi connectivity index (χ0) is 16.6. The van der Waals surface area contributed by atoms with Gasteiger partial charge in [0.05, 0.1) is 11.9 Å². The fraction of sp³-hybridized carbons (Fsp3) is 0.143. The lowest BCUT2D eigenvalue weighted by molar-refractivity contribution is 0.0688. The third kappa shape index (κ3) is 2.48. The molecule has 0 saturated heterocycles. The molecular weight excluding hydrogens is 300 g/mol. The van der Waals surface area contributed by atoms with Crippen LogP contribution in [0.15, 0.2) is 35.4 Å². The normalized spacial score (nSPS) is 10.7. The molecule has 0 fully saturated rings. The number of imidazole rings is 1. The summed E-state index contributed by atoms with van der Waals surface area (Å²) in [5.41, 5.74) is 1.02. The van der Waals surface area contributed by atoms with E-state index in [9.17, 15) is 14.7 Å². The van der Waals surface area contributed by atoms with E-state index < -0.39 is 5.97 Å². The summed E-state index contributed by atoms with van der Waals surface area (Å²) in [6, 6.07) is 5.00. The van der Waals surface area contributed by atoms with Gasteiger partial charge in [-0.1, -0.05) is 0 Å². The third-order valence-electron chi connectivity index (χ3n) is 3.34. The minimum atomic E-state index is -1.14. The number of rotatable bonds is 4. The number of aryl methyl sites for hydroxylation is 1. The van der Waals surface area contributed by atoms with Crippen molar-refractivity contribution in [3.63, 3.8) is 0 Å². The smallest absolute Gasteiger partial charge is 0.356 e. The van der Waals surface area contributed by atoms with Gasteiger partial charge in [0, 0.05) is 26.4 Å². The van der Waals surface area contributed by atoms with E-state index in [1.165, 1.54) is 15.3 Å². The molecule has 118 valence electrons. The topological polar surface area (TPSA) is 114 Å². The van der Waals surface area contributed by atoms with Gasteiger partial charge in [-0.3, -0.25) is 4.79 Å².